The summed E-state index contributed by atoms with van der Waals surface area (Å²) < 4.78 is 26.1. The van der Waals surface area contributed by atoms with Gasteiger partial charge in [-0.15, -0.1) is 0 Å². The molecule has 5 heterocycles. The van der Waals surface area contributed by atoms with E-state index in [-0.39, 0.29) is 59.6 Å². The second-order valence-corrected chi connectivity index (χ2v) is 19.9. The lowest BCUT2D eigenvalue weighted by molar-refractivity contribution is -0.136. The summed E-state index contributed by atoms with van der Waals surface area (Å²) in [5.74, 6) is 0.887. The van der Waals surface area contributed by atoms with Crippen molar-refractivity contribution in [1.29, 1.82) is 0 Å². The molecule has 362 valence electrons. The summed E-state index contributed by atoms with van der Waals surface area (Å²) in [6.45, 7) is 8.74. The van der Waals surface area contributed by atoms with E-state index >= 15 is 4.39 Å². The SMILES string of the molecule is COC(=O)N[C@H](C(=O)N1CCC[C@H]1c1nc2cc([C@H]3CC[C@H](c4ccc5nc([C@@H]6CCCN6C(=O)[C@@H](NC(=O)OC)C(C)C)[nH]c5c4)N3c3ccc(C4CCCCC4)c(F)c3)ccc2[nH]1)C(C)C. The zero-order valence-corrected chi connectivity index (χ0v) is 40.1. The van der Waals surface area contributed by atoms with Gasteiger partial charge in [0.25, 0.3) is 0 Å². The maximum Gasteiger partial charge on any atom is 0.407 e. The van der Waals surface area contributed by atoms with E-state index in [1.54, 1.807) is 6.07 Å². The minimum Gasteiger partial charge on any atom is -0.453 e. The quantitative estimate of drug-likeness (QED) is 0.0948. The fraction of sp³-hybridized carbons (Fsp3) is 0.538. The summed E-state index contributed by atoms with van der Waals surface area (Å²) in [6, 6.07) is 16.3. The number of anilines is 1. The third kappa shape index (κ3) is 9.22. The summed E-state index contributed by atoms with van der Waals surface area (Å²) in [4.78, 5) is 75.4. The number of aromatic nitrogens is 4. The Balaban J connectivity index is 1.02. The van der Waals surface area contributed by atoms with Crippen molar-refractivity contribution in [2.45, 2.75) is 140 Å². The zero-order valence-electron chi connectivity index (χ0n) is 40.1. The van der Waals surface area contributed by atoms with Crippen LogP contribution in [-0.2, 0) is 19.1 Å². The van der Waals surface area contributed by atoms with Crippen LogP contribution in [0.3, 0.4) is 0 Å². The number of likely N-dealkylation sites (tertiary alicyclic amines) is 2. The highest BCUT2D eigenvalue weighted by Crippen LogP contribution is 2.49. The number of H-pyrrole nitrogens is 2. The third-order valence-corrected chi connectivity index (χ3v) is 15.0. The number of nitrogens with one attached hydrogen (secondary N) is 4. The Morgan fingerprint density at radius 2 is 1.16 bits per heavy atom. The van der Waals surface area contributed by atoms with Gasteiger partial charge < -0.3 is 44.8 Å². The molecule has 4 N–H and O–H groups in total. The molecule has 6 atom stereocenters. The Labute approximate surface area is 397 Å². The number of hydrogen-bond donors (Lipinski definition) is 4. The summed E-state index contributed by atoms with van der Waals surface area (Å²) in [6.07, 6.45) is 8.93. The molecule has 3 saturated heterocycles. The van der Waals surface area contributed by atoms with Crippen LogP contribution in [0.15, 0.2) is 54.6 Å². The van der Waals surface area contributed by atoms with Gasteiger partial charge >= 0.3 is 12.2 Å². The van der Waals surface area contributed by atoms with E-state index in [2.05, 4.69) is 61.9 Å². The Bertz CT molecular complexity index is 2510. The van der Waals surface area contributed by atoms with Crippen LogP contribution in [-0.4, -0.2) is 93.1 Å². The van der Waals surface area contributed by atoms with E-state index in [9.17, 15) is 19.2 Å². The minimum absolute atomic E-state index is 0.0900. The van der Waals surface area contributed by atoms with Gasteiger partial charge in [0.05, 0.1) is 60.5 Å². The molecule has 4 aliphatic rings. The number of carbonyl (C=O) groups is 4. The molecule has 3 aliphatic heterocycles. The highest BCUT2D eigenvalue weighted by atomic mass is 19.1. The molecule has 0 spiro atoms. The van der Waals surface area contributed by atoms with Gasteiger partial charge in [0, 0.05) is 18.8 Å². The molecule has 4 fully saturated rings. The Morgan fingerprint density at radius 3 is 1.72 bits per heavy atom. The molecule has 5 aromatic rings. The maximum absolute atomic E-state index is 16.4. The fourth-order valence-corrected chi connectivity index (χ4v) is 11.5. The normalized spacial score (nSPS) is 22.1. The fourth-order valence-electron chi connectivity index (χ4n) is 11.5. The number of ether oxygens (including phenoxy) is 2. The molecule has 16 heteroatoms. The molecule has 4 amide bonds. The van der Waals surface area contributed by atoms with Crippen LogP contribution in [0, 0.1) is 17.7 Å². The van der Waals surface area contributed by atoms with Gasteiger partial charge in [-0.3, -0.25) is 9.59 Å². The molecule has 0 bridgehead atoms. The highest BCUT2D eigenvalue weighted by Gasteiger charge is 2.41. The average molecular weight is 932 g/mol. The zero-order chi connectivity index (χ0) is 47.8. The van der Waals surface area contributed by atoms with Crippen LogP contribution in [0.4, 0.5) is 19.7 Å². The van der Waals surface area contributed by atoms with Crippen LogP contribution < -0.4 is 15.5 Å². The van der Waals surface area contributed by atoms with Crippen molar-refractivity contribution in [3.63, 3.8) is 0 Å². The number of halogens is 1. The molecule has 15 nitrogen and oxygen atoms in total. The number of carbonyl (C=O) groups excluding carboxylic acids is 4. The van der Waals surface area contributed by atoms with E-state index in [1.165, 1.54) is 20.6 Å². The summed E-state index contributed by atoms with van der Waals surface area (Å²) in [5, 5.41) is 5.46. The van der Waals surface area contributed by atoms with E-state index in [4.69, 9.17) is 19.4 Å². The number of methoxy groups -OCH3 is 2. The molecular formula is C52H66FN9O6. The molecule has 1 aliphatic carbocycles. The van der Waals surface area contributed by atoms with Crippen LogP contribution in [0.5, 0.6) is 0 Å². The van der Waals surface area contributed by atoms with E-state index in [1.807, 2.05) is 49.6 Å². The van der Waals surface area contributed by atoms with Crippen molar-refractivity contribution in [3.8, 4) is 0 Å². The number of aromatic amines is 2. The maximum atomic E-state index is 16.4. The summed E-state index contributed by atoms with van der Waals surface area (Å²) >= 11 is 0. The van der Waals surface area contributed by atoms with Gasteiger partial charge in [-0.1, -0.05) is 65.2 Å². The predicted molar refractivity (Wildman–Crippen MR) is 257 cm³/mol. The topological polar surface area (TPSA) is 178 Å². The summed E-state index contributed by atoms with van der Waals surface area (Å²) in [7, 11) is 2.58. The molecule has 2 aromatic heterocycles. The van der Waals surface area contributed by atoms with Gasteiger partial charge in [0.15, 0.2) is 0 Å². The van der Waals surface area contributed by atoms with Crippen LogP contribution >= 0.6 is 0 Å². The van der Waals surface area contributed by atoms with Crippen molar-refractivity contribution in [2.24, 2.45) is 11.8 Å². The van der Waals surface area contributed by atoms with Crippen molar-refractivity contribution >= 4 is 51.8 Å². The number of hydrogen-bond acceptors (Lipinski definition) is 9. The number of rotatable bonds is 12. The van der Waals surface area contributed by atoms with Crippen LogP contribution in [0.25, 0.3) is 22.1 Å². The molecule has 3 aromatic carbocycles. The number of imidazole rings is 2. The minimum atomic E-state index is -0.730. The Morgan fingerprint density at radius 1 is 0.618 bits per heavy atom. The molecule has 68 heavy (non-hydrogen) atoms. The Hall–Kier alpha value is -6.19. The first kappa shape index (κ1) is 46.9. The van der Waals surface area contributed by atoms with E-state index in [0.29, 0.717) is 24.7 Å². The van der Waals surface area contributed by atoms with Gasteiger partial charge in [-0.2, -0.15) is 0 Å². The monoisotopic (exact) mass is 932 g/mol. The van der Waals surface area contributed by atoms with Crippen molar-refractivity contribution in [2.75, 3.05) is 32.2 Å². The lowest BCUT2D eigenvalue weighted by Gasteiger charge is -2.34. The van der Waals surface area contributed by atoms with E-state index in [0.717, 1.165) is 109 Å². The number of benzene rings is 3. The first-order chi connectivity index (χ1) is 32.8. The standard InChI is InChI=1S/C52H66FN9O6/c1-29(2)45(58-51(65)67-5)49(63)60-24-10-14-43(60)47-54-37-20-16-32(26-39(37)56-47)41-22-23-42(62(41)34-18-19-35(36(53)28-34)31-12-8-7-9-13-31)33-17-21-38-40(27-33)57-48(55-38)44-15-11-25-61(44)50(64)46(30(3)4)59-52(66)68-6/h16-21,26-31,41-46H,7-15,22-25H2,1-6H3,(H,54,56)(H,55,57)(H,58,65)(H,59,66)/t41-,42-,43+,44+,45+,46+/m1/s1. The lowest BCUT2D eigenvalue weighted by atomic mass is 9.84. The second-order valence-electron chi connectivity index (χ2n) is 19.9. The van der Waals surface area contributed by atoms with Crippen LogP contribution in [0.1, 0.15) is 157 Å². The van der Waals surface area contributed by atoms with Gasteiger partial charge in [0.2, 0.25) is 11.8 Å². The predicted octanol–water partition coefficient (Wildman–Crippen LogP) is 9.80. The average Bonchev–Trinajstić information content (AvgIpc) is 4.20. The number of alkyl carbamates (subject to hydrolysis) is 2. The van der Waals surface area contributed by atoms with Crippen molar-refractivity contribution in [1.82, 2.24) is 40.4 Å². The molecular weight excluding hydrogens is 866 g/mol. The highest BCUT2D eigenvalue weighted by molar-refractivity contribution is 5.87. The van der Waals surface area contributed by atoms with Crippen LogP contribution in [0.2, 0.25) is 0 Å². The number of fused-ring (bicyclic) bond motifs is 2. The number of amides is 4. The molecule has 0 unspecified atom stereocenters. The number of nitrogens with zero attached hydrogens (tertiary/aromatic N) is 5. The summed E-state index contributed by atoms with van der Waals surface area (Å²) in [5.41, 5.74) is 7.07. The Kier molecular flexibility index (Phi) is 13.7. The van der Waals surface area contributed by atoms with Crippen molar-refractivity contribution < 1.29 is 33.0 Å². The van der Waals surface area contributed by atoms with Gasteiger partial charge in [-0.25, -0.2) is 23.9 Å². The molecule has 9 rings (SSSR count). The molecule has 0 radical (unpaired) electrons. The van der Waals surface area contributed by atoms with Crippen molar-refractivity contribution in [3.05, 3.63) is 88.8 Å². The second kappa shape index (κ2) is 19.8. The lowest BCUT2D eigenvalue weighted by Crippen LogP contribution is -2.51. The first-order valence-electron chi connectivity index (χ1n) is 24.7. The smallest absolute Gasteiger partial charge is 0.407 e. The molecule has 1 saturated carbocycles. The third-order valence-electron chi connectivity index (χ3n) is 15.0. The van der Waals surface area contributed by atoms with E-state index < -0.39 is 24.3 Å². The first-order valence-corrected chi connectivity index (χ1v) is 24.7. The van der Waals surface area contributed by atoms with Gasteiger partial charge in [0.1, 0.15) is 29.5 Å². The largest absolute Gasteiger partial charge is 0.453 e. The van der Waals surface area contributed by atoms with Gasteiger partial charge in [-0.05, 0) is 122 Å².